The maximum absolute atomic E-state index is 4.94. The fraction of sp³-hybridized carbons (Fsp3) is 0.333. The normalized spacial score (nSPS) is 11.5. The first-order valence-corrected chi connectivity index (χ1v) is 13.1. The van der Waals surface area contributed by atoms with Gasteiger partial charge in [0.1, 0.15) is 0 Å². The molecule has 3 aromatic rings. The van der Waals surface area contributed by atoms with Gasteiger partial charge in [-0.3, -0.25) is 4.98 Å². The molecule has 0 radical (unpaired) electrons. The molecule has 0 aliphatic rings. The molecule has 0 aliphatic carbocycles. The van der Waals surface area contributed by atoms with Crippen molar-refractivity contribution < 1.29 is 0 Å². The van der Waals surface area contributed by atoms with Crippen LogP contribution >= 0.6 is 12.2 Å². The van der Waals surface area contributed by atoms with Crippen LogP contribution in [-0.2, 0) is 0 Å². The SMILES string of the molecule is C/C=C\C=C(\c1ccccc1)N(C)N(CCNC=S)CCNc1cccc2ncccc12.CC(C)C. The molecule has 0 spiro atoms. The van der Waals surface area contributed by atoms with E-state index in [1.54, 1.807) is 5.49 Å². The lowest BCUT2D eigenvalue weighted by atomic mass is 10.1. The van der Waals surface area contributed by atoms with E-state index in [2.05, 4.69) is 102 Å². The van der Waals surface area contributed by atoms with Crippen molar-refractivity contribution in [3.63, 3.8) is 0 Å². The molecule has 2 N–H and O–H groups in total. The lowest BCUT2D eigenvalue weighted by Crippen LogP contribution is -2.44. The van der Waals surface area contributed by atoms with Crippen LogP contribution in [-0.4, -0.2) is 53.7 Å². The van der Waals surface area contributed by atoms with Crippen LogP contribution < -0.4 is 10.6 Å². The molecule has 1 heterocycles. The number of benzene rings is 2. The summed E-state index contributed by atoms with van der Waals surface area (Å²) in [6.07, 6.45) is 8.10. The molecule has 0 fully saturated rings. The van der Waals surface area contributed by atoms with E-state index in [-0.39, 0.29) is 0 Å². The lowest BCUT2D eigenvalue weighted by molar-refractivity contribution is 0.0662. The zero-order valence-corrected chi connectivity index (χ0v) is 23.1. The summed E-state index contributed by atoms with van der Waals surface area (Å²) in [4.78, 5) is 4.45. The first kappa shape index (κ1) is 29.0. The van der Waals surface area contributed by atoms with Gasteiger partial charge >= 0.3 is 0 Å². The van der Waals surface area contributed by atoms with Crippen molar-refractivity contribution in [3.8, 4) is 0 Å². The van der Waals surface area contributed by atoms with Crippen LogP contribution in [0.2, 0.25) is 0 Å². The summed E-state index contributed by atoms with van der Waals surface area (Å²) in [6.45, 7) is 11.7. The molecule has 0 saturated carbocycles. The zero-order chi connectivity index (χ0) is 26.2. The Morgan fingerprint density at radius 2 is 1.69 bits per heavy atom. The van der Waals surface area contributed by atoms with Crippen LogP contribution in [0.5, 0.6) is 0 Å². The molecule has 5 nitrogen and oxygen atoms in total. The maximum atomic E-state index is 4.94. The number of thiocarbonyl (C=S) groups is 1. The third kappa shape index (κ3) is 9.80. The van der Waals surface area contributed by atoms with Crippen LogP contribution in [0, 0.1) is 5.92 Å². The second kappa shape index (κ2) is 16.5. The Balaban J connectivity index is 0.00000106. The first-order valence-electron chi connectivity index (χ1n) is 12.6. The van der Waals surface area contributed by atoms with Gasteiger partial charge in [-0.1, -0.05) is 81.5 Å². The van der Waals surface area contributed by atoms with Gasteiger partial charge in [0.15, 0.2) is 0 Å². The largest absolute Gasteiger partial charge is 0.383 e. The van der Waals surface area contributed by atoms with Crippen LogP contribution in [0.1, 0.15) is 33.3 Å². The molecule has 6 heteroatoms. The quantitative estimate of drug-likeness (QED) is 0.125. The van der Waals surface area contributed by atoms with Gasteiger partial charge in [-0.05, 0) is 48.7 Å². The van der Waals surface area contributed by atoms with E-state index in [4.69, 9.17) is 12.2 Å². The number of hydrogen-bond donors (Lipinski definition) is 2. The van der Waals surface area contributed by atoms with Crippen molar-refractivity contribution in [1.29, 1.82) is 0 Å². The predicted molar refractivity (Wildman–Crippen MR) is 161 cm³/mol. The summed E-state index contributed by atoms with van der Waals surface area (Å²) in [5.41, 5.74) is 5.99. The van der Waals surface area contributed by atoms with Gasteiger partial charge in [0.25, 0.3) is 0 Å². The Kier molecular flexibility index (Phi) is 13.3. The molecule has 3 rings (SSSR count). The van der Waals surface area contributed by atoms with Gasteiger partial charge in [-0.25, -0.2) is 5.01 Å². The second-order valence-electron chi connectivity index (χ2n) is 9.03. The van der Waals surface area contributed by atoms with Gasteiger partial charge in [0.2, 0.25) is 0 Å². The van der Waals surface area contributed by atoms with E-state index >= 15 is 0 Å². The van der Waals surface area contributed by atoms with Crippen molar-refractivity contribution in [2.45, 2.75) is 27.7 Å². The van der Waals surface area contributed by atoms with Crippen molar-refractivity contribution >= 4 is 40.0 Å². The molecule has 0 aliphatic heterocycles. The number of pyridine rings is 1. The number of anilines is 1. The van der Waals surface area contributed by atoms with Crippen molar-refractivity contribution in [1.82, 2.24) is 20.3 Å². The Morgan fingerprint density at radius 3 is 2.39 bits per heavy atom. The van der Waals surface area contributed by atoms with Gasteiger partial charge in [0, 0.05) is 50.5 Å². The molecule has 0 unspecified atom stereocenters. The fourth-order valence-corrected chi connectivity index (χ4v) is 3.70. The third-order valence-corrected chi connectivity index (χ3v) is 5.38. The van der Waals surface area contributed by atoms with Gasteiger partial charge in [-0.15, -0.1) is 0 Å². The topological polar surface area (TPSA) is 43.4 Å². The molecule has 0 saturated heterocycles. The first-order chi connectivity index (χ1) is 17.5. The monoisotopic (exact) mass is 503 g/mol. The molecule has 0 amide bonds. The number of rotatable bonds is 12. The predicted octanol–water partition coefficient (Wildman–Crippen LogP) is 6.62. The van der Waals surface area contributed by atoms with Crippen LogP contribution in [0.15, 0.2) is 85.1 Å². The summed E-state index contributed by atoms with van der Waals surface area (Å²) in [5.74, 6) is 0.833. The summed E-state index contributed by atoms with van der Waals surface area (Å²) < 4.78 is 0. The smallest absolute Gasteiger partial charge is 0.0722 e. The van der Waals surface area contributed by atoms with Crippen LogP contribution in [0.4, 0.5) is 5.69 Å². The highest BCUT2D eigenvalue weighted by molar-refractivity contribution is 7.78. The van der Waals surface area contributed by atoms with Crippen molar-refractivity contribution in [3.05, 3.63) is 90.7 Å². The summed E-state index contributed by atoms with van der Waals surface area (Å²) in [7, 11) is 2.11. The Bertz CT molecular complexity index is 1090. The van der Waals surface area contributed by atoms with Crippen molar-refractivity contribution in [2.24, 2.45) is 5.92 Å². The minimum atomic E-state index is 0.776. The highest BCUT2D eigenvalue weighted by atomic mass is 32.1. The Hall–Kier alpha value is -3.22. The standard InChI is InChI=1S/C26H31N5S.C4H10/c1-3-4-15-26(22-10-6-5-7-11-22)30(2)31(19-17-27-21-32)20-18-29-25-14-8-13-24-23(25)12-9-16-28-24;1-4(2)3/h3-16,21,29H,17-20H2,1-2H3,(H,27,32);4H,1-3H3/b4-3-,26-15-;. The Morgan fingerprint density at radius 1 is 0.972 bits per heavy atom. The molecule has 0 atom stereocenters. The number of fused-ring (bicyclic) bond motifs is 1. The van der Waals surface area contributed by atoms with Gasteiger partial charge in [-0.2, -0.15) is 0 Å². The van der Waals surface area contributed by atoms with E-state index in [0.29, 0.717) is 0 Å². The number of allylic oxidation sites excluding steroid dienone is 3. The van der Waals surface area contributed by atoms with E-state index in [1.807, 2.05) is 43.5 Å². The zero-order valence-electron chi connectivity index (χ0n) is 22.3. The van der Waals surface area contributed by atoms with E-state index in [9.17, 15) is 0 Å². The van der Waals surface area contributed by atoms with Crippen LogP contribution in [0.3, 0.4) is 0 Å². The average Bonchev–Trinajstić information content (AvgIpc) is 2.88. The number of hydrazine groups is 1. The summed E-state index contributed by atoms with van der Waals surface area (Å²) >= 11 is 4.94. The minimum Gasteiger partial charge on any atom is -0.383 e. The van der Waals surface area contributed by atoms with Crippen LogP contribution in [0.25, 0.3) is 16.6 Å². The summed E-state index contributed by atoms with van der Waals surface area (Å²) in [5, 5.41) is 12.4. The number of nitrogens with zero attached hydrogens (tertiary/aromatic N) is 3. The molecule has 1 aromatic heterocycles. The second-order valence-corrected chi connectivity index (χ2v) is 9.26. The van der Waals surface area contributed by atoms with Crippen molar-refractivity contribution in [2.75, 3.05) is 38.5 Å². The molecule has 0 bridgehead atoms. The summed E-state index contributed by atoms with van der Waals surface area (Å²) in [6, 6.07) is 20.7. The highest BCUT2D eigenvalue weighted by Gasteiger charge is 2.15. The third-order valence-electron chi connectivity index (χ3n) is 5.22. The van der Waals surface area contributed by atoms with E-state index in [1.165, 1.54) is 5.56 Å². The minimum absolute atomic E-state index is 0.776. The molecule has 36 heavy (non-hydrogen) atoms. The Labute approximate surface area is 222 Å². The van der Waals surface area contributed by atoms with Gasteiger partial charge < -0.3 is 15.6 Å². The maximum Gasteiger partial charge on any atom is 0.0722 e. The highest BCUT2D eigenvalue weighted by Crippen LogP contribution is 2.22. The number of aromatic nitrogens is 1. The number of nitrogens with one attached hydrogen (secondary N) is 2. The molecular weight excluding hydrogens is 462 g/mol. The van der Waals surface area contributed by atoms with E-state index in [0.717, 1.165) is 54.4 Å². The van der Waals surface area contributed by atoms with Gasteiger partial charge in [0.05, 0.1) is 16.7 Å². The lowest BCUT2D eigenvalue weighted by Gasteiger charge is -2.35. The molecular formula is C30H41N5S. The molecule has 192 valence electrons. The molecule has 2 aromatic carbocycles. The fourth-order valence-electron chi connectivity index (χ4n) is 3.58. The number of hydrogen-bond acceptors (Lipinski definition) is 5. The average molecular weight is 504 g/mol. The van der Waals surface area contributed by atoms with E-state index < -0.39 is 0 Å².